The SMILES string of the molecule is CCc1ccc(C(=O)NNC(=O)NC(CC)(C(F)(F)F)C(F)(F)F)cc1. The maximum absolute atomic E-state index is 12.9. The number of aryl methyl sites for hydroxylation is 1. The smallest absolute Gasteiger partial charge is 0.315 e. The van der Waals surface area contributed by atoms with Crippen LogP contribution in [0.1, 0.15) is 36.2 Å². The zero-order chi connectivity index (χ0) is 20.2. The first kappa shape index (κ1) is 21.6. The number of benzene rings is 1. The van der Waals surface area contributed by atoms with Crippen molar-refractivity contribution in [1.82, 2.24) is 16.2 Å². The Morgan fingerprint density at radius 1 is 0.885 bits per heavy atom. The molecule has 1 aromatic carbocycles. The van der Waals surface area contributed by atoms with E-state index in [1.54, 1.807) is 17.6 Å². The van der Waals surface area contributed by atoms with Gasteiger partial charge in [-0.15, -0.1) is 0 Å². The van der Waals surface area contributed by atoms with Gasteiger partial charge in [-0.1, -0.05) is 26.0 Å². The van der Waals surface area contributed by atoms with Gasteiger partial charge in [0.2, 0.25) is 5.54 Å². The molecule has 0 aliphatic heterocycles. The van der Waals surface area contributed by atoms with E-state index in [4.69, 9.17) is 0 Å². The van der Waals surface area contributed by atoms with Gasteiger partial charge in [0.25, 0.3) is 5.91 Å². The van der Waals surface area contributed by atoms with Gasteiger partial charge in [-0.05, 0) is 30.5 Å². The molecule has 0 atom stereocenters. The summed E-state index contributed by atoms with van der Waals surface area (Å²) in [6.45, 7) is 2.51. The van der Waals surface area contributed by atoms with Crippen molar-refractivity contribution >= 4 is 11.9 Å². The fourth-order valence-corrected chi connectivity index (χ4v) is 2.09. The molecular formula is C15H17F6N3O2. The average molecular weight is 385 g/mol. The highest BCUT2D eigenvalue weighted by atomic mass is 19.4. The zero-order valence-electron chi connectivity index (χ0n) is 13.8. The number of hydrogen-bond donors (Lipinski definition) is 3. The third-order valence-electron chi connectivity index (χ3n) is 3.74. The van der Waals surface area contributed by atoms with Gasteiger partial charge >= 0.3 is 18.4 Å². The van der Waals surface area contributed by atoms with Crippen LogP contribution >= 0.6 is 0 Å². The molecule has 3 amide bonds. The lowest BCUT2D eigenvalue weighted by atomic mass is 9.94. The molecule has 0 fully saturated rings. The number of hydrogen-bond acceptors (Lipinski definition) is 2. The van der Waals surface area contributed by atoms with E-state index in [9.17, 15) is 35.9 Å². The summed E-state index contributed by atoms with van der Waals surface area (Å²) in [5.74, 6) is -0.899. The summed E-state index contributed by atoms with van der Waals surface area (Å²) in [6.07, 6.45) is -12.3. The van der Waals surface area contributed by atoms with Gasteiger partial charge < -0.3 is 5.32 Å². The second-order valence-electron chi connectivity index (χ2n) is 5.34. The van der Waals surface area contributed by atoms with Crippen molar-refractivity contribution in [1.29, 1.82) is 0 Å². The van der Waals surface area contributed by atoms with E-state index in [1.165, 1.54) is 17.6 Å². The largest absolute Gasteiger partial charge is 0.420 e. The van der Waals surface area contributed by atoms with E-state index in [0.717, 1.165) is 10.9 Å². The minimum Gasteiger partial charge on any atom is -0.315 e. The lowest BCUT2D eigenvalue weighted by Crippen LogP contribution is -2.69. The fraction of sp³-hybridized carbons (Fsp3) is 0.467. The van der Waals surface area contributed by atoms with E-state index in [1.807, 2.05) is 6.92 Å². The van der Waals surface area contributed by atoms with Crippen molar-refractivity contribution in [3.63, 3.8) is 0 Å². The predicted molar refractivity (Wildman–Crippen MR) is 80.1 cm³/mol. The first-order chi connectivity index (χ1) is 11.9. The second kappa shape index (κ2) is 7.83. The molecule has 26 heavy (non-hydrogen) atoms. The average Bonchev–Trinajstić information content (AvgIpc) is 2.55. The summed E-state index contributed by atoms with van der Waals surface area (Å²) < 4.78 is 77.5. The van der Waals surface area contributed by atoms with Crippen LogP contribution in [-0.2, 0) is 6.42 Å². The van der Waals surface area contributed by atoms with E-state index in [2.05, 4.69) is 0 Å². The number of amides is 3. The summed E-state index contributed by atoms with van der Waals surface area (Å²) in [7, 11) is 0. The molecule has 0 saturated carbocycles. The van der Waals surface area contributed by atoms with Gasteiger partial charge in [-0.3, -0.25) is 10.2 Å². The minimum absolute atomic E-state index is 0.0656. The van der Waals surface area contributed by atoms with Crippen LogP contribution in [0.15, 0.2) is 24.3 Å². The van der Waals surface area contributed by atoms with Crippen LogP contribution < -0.4 is 16.2 Å². The lowest BCUT2D eigenvalue weighted by Gasteiger charge is -2.36. The first-order valence-electron chi connectivity index (χ1n) is 7.48. The number of hydrazine groups is 1. The van der Waals surface area contributed by atoms with Gasteiger partial charge in [0.05, 0.1) is 0 Å². The van der Waals surface area contributed by atoms with Crippen LogP contribution in [-0.4, -0.2) is 29.8 Å². The third kappa shape index (κ3) is 4.58. The summed E-state index contributed by atoms with van der Waals surface area (Å²) in [4.78, 5) is 23.3. The van der Waals surface area contributed by atoms with Crippen LogP contribution in [0.3, 0.4) is 0 Å². The maximum Gasteiger partial charge on any atom is 0.420 e. The standard InChI is InChI=1S/C15H17F6N3O2/c1-3-9-5-7-10(8-6-9)11(25)23-24-12(26)22-13(4-2,14(16,17)18)15(19,20)21/h5-8H,3-4H2,1-2H3,(H,23,25)(H2,22,24,26). The van der Waals surface area contributed by atoms with Crippen LogP contribution in [0.25, 0.3) is 0 Å². The highest BCUT2D eigenvalue weighted by Gasteiger charge is 2.70. The molecular weight excluding hydrogens is 368 g/mol. The van der Waals surface area contributed by atoms with Crippen LogP contribution in [0.2, 0.25) is 0 Å². The van der Waals surface area contributed by atoms with E-state index in [0.29, 0.717) is 13.3 Å². The Bertz CT molecular complexity index is 626. The number of carbonyl (C=O) groups is 2. The van der Waals surface area contributed by atoms with Gasteiger partial charge in [0.1, 0.15) is 0 Å². The number of rotatable bonds is 4. The van der Waals surface area contributed by atoms with Crippen LogP contribution in [0.5, 0.6) is 0 Å². The Labute approximate surface area is 145 Å². The second-order valence-corrected chi connectivity index (χ2v) is 5.34. The van der Waals surface area contributed by atoms with Crippen molar-refractivity contribution in [2.45, 2.75) is 44.6 Å². The molecule has 146 valence electrons. The summed E-state index contributed by atoms with van der Waals surface area (Å²) in [6, 6.07) is 4.18. The predicted octanol–water partition coefficient (Wildman–Crippen LogP) is 3.47. The quantitative estimate of drug-likeness (QED) is 0.549. The Hall–Kier alpha value is -2.46. The van der Waals surface area contributed by atoms with Gasteiger partial charge in [0.15, 0.2) is 0 Å². The topological polar surface area (TPSA) is 70.2 Å². The molecule has 0 unspecified atom stereocenters. The highest BCUT2D eigenvalue weighted by Crippen LogP contribution is 2.45. The fourth-order valence-electron chi connectivity index (χ4n) is 2.09. The van der Waals surface area contributed by atoms with E-state index < -0.39 is 36.3 Å². The summed E-state index contributed by atoms with van der Waals surface area (Å²) in [5.41, 5.74) is -0.211. The Balaban J connectivity index is 2.81. The van der Waals surface area contributed by atoms with E-state index in [-0.39, 0.29) is 5.56 Å². The normalized spacial score (nSPS) is 12.5. The van der Waals surface area contributed by atoms with Crippen LogP contribution in [0.4, 0.5) is 31.1 Å². The summed E-state index contributed by atoms with van der Waals surface area (Å²) in [5, 5.41) is 0.870. The molecule has 1 aromatic rings. The highest BCUT2D eigenvalue weighted by molar-refractivity contribution is 5.95. The lowest BCUT2D eigenvalue weighted by molar-refractivity contribution is -0.304. The monoisotopic (exact) mass is 385 g/mol. The molecule has 11 heteroatoms. The minimum atomic E-state index is -5.78. The molecule has 0 aliphatic carbocycles. The van der Waals surface area contributed by atoms with E-state index >= 15 is 0 Å². The number of alkyl halides is 6. The van der Waals surface area contributed by atoms with Gasteiger partial charge in [-0.25, -0.2) is 10.2 Å². The van der Waals surface area contributed by atoms with Gasteiger partial charge in [0, 0.05) is 5.56 Å². The number of urea groups is 1. The molecule has 0 bridgehead atoms. The molecule has 0 aliphatic rings. The molecule has 0 spiro atoms. The number of carbonyl (C=O) groups excluding carboxylic acids is 2. The third-order valence-corrected chi connectivity index (χ3v) is 3.74. The molecule has 1 rings (SSSR count). The zero-order valence-corrected chi connectivity index (χ0v) is 13.8. The van der Waals surface area contributed by atoms with Crippen molar-refractivity contribution < 1.29 is 35.9 Å². The molecule has 0 saturated heterocycles. The number of halogens is 6. The van der Waals surface area contributed by atoms with Crippen molar-refractivity contribution in [2.75, 3.05) is 0 Å². The van der Waals surface area contributed by atoms with Crippen molar-refractivity contribution in [3.8, 4) is 0 Å². The Morgan fingerprint density at radius 3 is 1.77 bits per heavy atom. The molecule has 0 aromatic heterocycles. The molecule has 0 heterocycles. The molecule has 0 radical (unpaired) electrons. The molecule has 3 N–H and O–H groups in total. The van der Waals surface area contributed by atoms with Crippen molar-refractivity contribution in [2.24, 2.45) is 0 Å². The first-order valence-corrected chi connectivity index (χ1v) is 7.48. The summed E-state index contributed by atoms with van der Waals surface area (Å²) >= 11 is 0. The maximum atomic E-state index is 12.9. The Morgan fingerprint density at radius 2 is 1.38 bits per heavy atom. The van der Waals surface area contributed by atoms with Gasteiger partial charge in [-0.2, -0.15) is 26.3 Å². The number of nitrogens with one attached hydrogen (secondary N) is 3. The van der Waals surface area contributed by atoms with Crippen molar-refractivity contribution in [3.05, 3.63) is 35.4 Å². The Kier molecular flexibility index (Phi) is 6.50. The van der Waals surface area contributed by atoms with Crippen LogP contribution in [0, 0.1) is 0 Å². The molecule has 5 nitrogen and oxygen atoms in total.